The molecule has 5 heteroatoms. The summed E-state index contributed by atoms with van der Waals surface area (Å²) in [4.78, 5) is 12.3. The second kappa shape index (κ2) is 4.29. The number of hydrogen-bond acceptors (Lipinski definition) is 5. The lowest BCUT2D eigenvalue weighted by Crippen LogP contribution is -2.12. The summed E-state index contributed by atoms with van der Waals surface area (Å²) >= 11 is 0. The van der Waals surface area contributed by atoms with Crippen LogP contribution in [0.15, 0.2) is 36.4 Å². The van der Waals surface area contributed by atoms with E-state index in [4.69, 9.17) is 22.9 Å². The molecule has 0 heterocycles. The van der Waals surface area contributed by atoms with Crippen LogP contribution in [0, 0.1) is 0 Å². The molecule has 0 aliphatic carbocycles. The molecular formula is C13H14N4O. The van der Waals surface area contributed by atoms with Crippen LogP contribution in [0.1, 0.15) is 15.9 Å². The van der Waals surface area contributed by atoms with Gasteiger partial charge in [-0.15, -0.1) is 0 Å². The summed E-state index contributed by atoms with van der Waals surface area (Å²) < 4.78 is 0. The summed E-state index contributed by atoms with van der Waals surface area (Å²) in [7, 11) is 0. The third-order valence-corrected chi connectivity index (χ3v) is 2.73. The van der Waals surface area contributed by atoms with Gasteiger partial charge < -0.3 is 22.9 Å². The first-order valence-electron chi connectivity index (χ1n) is 5.35. The Bertz CT molecular complexity index is 608. The summed E-state index contributed by atoms with van der Waals surface area (Å²) in [6, 6.07) is 10.2. The molecule has 5 nitrogen and oxygen atoms in total. The monoisotopic (exact) mass is 242 g/mol. The Morgan fingerprint density at radius 3 is 2.06 bits per heavy atom. The highest BCUT2D eigenvalue weighted by Gasteiger charge is 2.18. The van der Waals surface area contributed by atoms with Gasteiger partial charge in [0.25, 0.3) is 0 Å². The third kappa shape index (κ3) is 1.82. The zero-order valence-corrected chi connectivity index (χ0v) is 9.68. The third-order valence-electron chi connectivity index (χ3n) is 2.73. The molecule has 18 heavy (non-hydrogen) atoms. The Hall–Kier alpha value is -2.69. The fourth-order valence-electron chi connectivity index (χ4n) is 1.75. The molecule has 0 bridgehead atoms. The summed E-state index contributed by atoms with van der Waals surface area (Å²) in [6.45, 7) is 0. The second-order valence-electron chi connectivity index (χ2n) is 3.95. The zero-order valence-electron chi connectivity index (χ0n) is 9.68. The number of nitrogen functional groups attached to an aromatic ring is 4. The van der Waals surface area contributed by atoms with Gasteiger partial charge in [-0.2, -0.15) is 0 Å². The first-order chi connectivity index (χ1) is 8.52. The van der Waals surface area contributed by atoms with Crippen LogP contribution in [0.25, 0.3) is 0 Å². The maximum absolute atomic E-state index is 12.3. The van der Waals surface area contributed by atoms with E-state index in [1.165, 1.54) is 6.07 Å². The fourth-order valence-corrected chi connectivity index (χ4v) is 1.75. The van der Waals surface area contributed by atoms with Gasteiger partial charge in [0.1, 0.15) is 0 Å². The van der Waals surface area contributed by atoms with Crippen LogP contribution < -0.4 is 22.9 Å². The Kier molecular flexibility index (Phi) is 2.81. The van der Waals surface area contributed by atoms with Crippen molar-refractivity contribution in [1.82, 2.24) is 0 Å². The number of hydrogen-bond donors (Lipinski definition) is 4. The lowest BCUT2D eigenvalue weighted by molar-refractivity contribution is 0.104. The number of benzene rings is 2. The molecule has 0 aromatic heterocycles. The predicted molar refractivity (Wildman–Crippen MR) is 74.0 cm³/mol. The van der Waals surface area contributed by atoms with Crippen molar-refractivity contribution < 1.29 is 4.79 Å². The van der Waals surface area contributed by atoms with Gasteiger partial charge in [-0.05, 0) is 6.07 Å². The molecule has 0 saturated carbocycles. The average Bonchev–Trinajstić information content (AvgIpc) is 2.37. The van der Waals surface area contributed by atoms with E-state index < -0.39 is 0 Å². The van der Waals surface area contributed by atoms with Crippen molar-refractivity contribution in [3.05, 3.63) is 47.5 Å². The highest BCUT2D eigenvalue weighted by Crippen LogP contribution is 2.33. The van der Waals surface area contributed by atoms with Crippen LogP contribution in [0.2, 0.25) is 0 Å². The maximum atomic E-state index is 12.3. The largest absolute Gasteiger partial charge is 0.398 e. The minimum atomic E-state index is -0.266. The van der Waals surface area contributed by atoms with Crippen molar-refractivity contribution in [3.8, 4) is 0 Å². The topological polar surface area (TPSA) is 121 Å². The van der Waals surface area contributed by atoms with Crippen molar-refractivity contribution in [2.75, 3.05) is 22.9 Å². The van der Waals surface area contributed by atoms with E-state index in [0.717, 1.165) is 0 Å². The van der Waals surface area contributed by atoms with Crippen LogP contribution in [0.5, 0.6) is 0 Å². The average molecular weight is 242 g/mol. The normalized spacial score (nSPS) is 10.2. The number of carbonyl (C=O) groups excluding carboxylic acids is 1. The van der Waals surface area contributed by atoms with Crippen LogP contribution in [0.3, 0.4) is 0 Å². The fraction of sp³-hybridized carbons (Fsp3) is 0. The van der Waals surface area contributed by atoms with E-state index in [0.29, 0.717) is 5.56 Å². The van der Waals surface area contributed by atoms with Gasteiger partial charge in [0.2, 0.25) is 0 Å². The molecule has 0 aliphatic heterocycles. The summed E-state index contributed by atoms with van der Waals surface area (Å²) in [6.07, 6.45) is 0. The highest BCUT2D eigenvalue weighted by molar-refractivity contribution is 6.17. The van der Waals surface area contributed by atoms with E-state index in [-0.39, 0.29) is 34.1 Å². The number of anilines is 4. The van der Waals surface area contributed by atoms with Gasteiger partial charge in [0.05, 0.1) is 22.6 Å². The van der Waals surface area contributed by atoms with E-state index in [1.807, 2.05) is 6.07 Å². The molecule has 2 aromatic rings. The van der Waals surface area contributed by atoms with Crippen molar-refractivity contribution in [1.29, 1.82) is 0 Å². The first kappa shape index (κ1) is 11.8. The minimum absolute atomic E-state index is 0.126. The Morgan fingerprint density at radius 2 is 1.44 bits per heavy atom. The molecule has 0 unspecified atom stereocenters. The van der Waals surface area contributed by atoms with Crippen molar-refractivity contribution in [3.63, 3.8) is 0 Å². The molecule has 0 radical (unpaired) electrons. The van der Waals surface area contributed by atoms with Gasteiger partial charge in [0.15, 0.2) is 5.78 Å². The summed E-state index contributed by atoms with van der Waals surface area (Å²) in [5.41, 5.74) is 24.5. The molecule has 2 rings (SSSR count). The maximum Gasteiger partial charge on any atom is 0.197 e. The van der Waals surface area contributed by atoms with E-state index in [1.54, 1.807) is 24.3 Å². The number of rotatable bonds is 2. The number of ketones is 1. The first-order valence-corrected chi connectivity index (χ1v) is 5.35. The van der Waals surface area contributed by atoms with Gasteiger partial charge in [-0.3, -0.25) is 4.79 Å². The molecule has 8 N–H and O–H groups in total. The Balaban J connectivity index is 2.59. The molecule has 0 saturated heterocycles. The quantitative estimate of drug-likeness (QED) is 0.466. The van der Waals surface area contributed by atoms with Gasteiger partial charge in [-0.25, -0.2) is 0 Å². The van der Waals surface area contributed by atoms with Crippen LogP contribution in [0.4, 0.5) is 22.7 Å². The van der Waals surface area contributed by atoms with Crippen LogP contribution in [-0.2, 0) is 0 Å². The van der Waals surface area contributed by atoms with Gasteiger partial charge in [-0.1, -0.05) is 30.3 Å². The number of nitrogens with two attached hydrogens (primary N) is 4. The lowest BCUT2D eigenvalue weighted by Gasteiger charge is -2.12. The van der Waals surface area contributed by atoms with E-state index in [9.17, 15) is 4.79 Å². The minimum Gasteiger partial charge on any atom is -0.398 e. The standard InChI is InChI=1S/C13H14N4O/c14-8-6-9(15)11(16)12(17)10(8)13(18)7-4-2-1-3-5-7/h1-6H,14-17H2. The molecule has 0 amide bonds. The van der Waals surface area contributed by atoms with Crippen molar-refractivity contribution >= 4 is 28.5 Å². The van der Waals surface area contributed by atoms with Crippen molar-refractivity contribution in [2.45, 2.75) is 0 Å². The molecule has 92 valence electrons. The Labute approximate surface area is 104 Å². The molecule has 0 spiro atoms. The van der Waals surface area contributed by atoms with E-state index in [2.05, 4.69) is 0 Å². The highest BCUT2D eigenvalue weighted by atomic mass is 16.1. The molecule has 0 atom stereocenters. The molecule has 0 aliphatic rings. The zero-order chi connectivity index (χ0) is 13.3. The lowest BCUT2D eigenvalue weighted by atomic mass is 9.98. The van der Waals surface area contributed by atoms with Crippen LogP contribution >= 0.6 is 0 Å². The Morgan fingerprint density at radius 1 is 0.833 bits per heavy atom. The SMILES string of the molecule is Nc1cc(N)c(C(=O)c2ccccc2)c(N)c1N. The molecule has 0 fully saturated rings. The summed E-state index contributed by atoms with van der Waals surface area (Å²) in [5.74, 6) is -0.266. The van der Waals surface area contributed by atoms with Crippen molar-refractivity contribution in [2.24, 2.45) is 0 Å². The van der Waals surface area contributed by atoms with E-state index >= 15 is 0 Å². The second-order valence-corrected chi connectivity index (χ2v) is 3.95. The van der Waals surface area contributed by atoms with Crippen LogP contribution in [-0.4, -0.2) is 5.78 Å². The smallest absolute Gasteiger partial charge is 0.197 e. The number of carbonyl (C=O) groups is 1. The summed E-state index contributed by atoms with van der Waals surface area (Å²) in [5, 5.41) is 0. The van der Waals surface area contributed by atoms with Gasteiger partial charge in [0, 0.05) is 11.3 Å². The molecule has 2 aromatic carbocycles. The predicted octanol–water partition coefficient (Wildman–Crippen LogP) is 1.25. The van der Waals surface area contributed by atoms with Gasteiger partial charge >= 0.3 is 0 Å². The molecular weight excluding hydrogens is 228 g/mol.